The lowest BCUT2D eigenvalue weighted by atomic mass is 10.1. The summed E-state index contributed by atoms with van der Waals surface area (Å²) < 4.78 is 0. The zero-order chi connectivity index (χ0) is 17.2. The third-order valence-corrected chi connectivity index (χ3v) is 4.48. The molecule has 0 aromatic rings. The Morgan fingerprint density at radius 1 is 0.696 bits per heavy atom. The van der Waals surface area contributed by atoms with Crippen LogP contribution in [0, 0.1) is 0 Å². The van der Waals surface area contributed by atoms with Gasteiger partial charge in [0, 0.05) is 26.2 Å². The van der Waals surface area contributed by atoms with Crippen molar-refractivity contribution in [1.82, 2.24) is 10.0 Å². The number of rotatable bonds is 10. The van der Waals surface area contributed by atoms with Crippen LogP contribution in [0.1, 0.15) is 32.1 Å². The Morgan fingerprint density at radius 2 is 1.09 bits per heavy atom. The average molecular weight is 313 g/mol. The van der Waals surface area contributed by atoms with E-state index < -0.39 is 0 Å². The van der Waals surface area contributed by atoms with Gasteiger partial charge in [0.25, 0.3) is 0 Å². The highest BCUT2D eigenvalue weighted by Gasteiger charge is 2.18. The molecule has 0 aromatic heterocycles. The van der Waals surface area contributed by atoms with Crippen LogP contribution in [0.5, 0.6) is 0 Å². The molecule has 0 N–H and O–H groups in total. The van der Waals surface area contributed by atoms with Crippen LogP contribution in [0.2, 0.25) is 0 Å². The molecule has 1 heterocycles. The molecular formula is C21H32N2. The van der Waals surface area contributed by atoms with Crippen molar-refractivity contribution in [2.24, 2.45) is 0 Å². The fourth-order valence-corrected chi connectivity index (χ4v) is 2.69. The highest BCUT2D eigenvalue weighted by molar-refractivity contribution is 5.34. The summed E-state index contributed by atoms with van der Waals surface area (Å²) in [6.07, 6.45) is 9.25. The second-order valence-electron chi connectivity index (χ2n) is 6.13. The molecule has 0 bridgehead atoms. The van der Waals surface area contributed by atoms with Gasteiger partial charge in [-0.05, 0) is 48.0 Å². The van der Waals surface area contributed by atoms with E-state index in [-0.39, 0.29) is 0 Å². The minimum absolute atomic E-state index is 0.932. The van der Waals surface area contributed by atoms with Crippen molar-refractivity contribution >= 4 is 0 Å². The van der Waals surface area contributed by atoms with Crippen LogP contribution in [0.4, 0.5) is 0 Å². The Balaban J connectivity index is 2.58. The summed E-state index contributed by atoms with van der Waals surface area (Å²) in [5.74, 6) is 0. The zero-order valence-corrected chi connectivity index (χ0v) is 14.7. The minimum atomic E-state index is 0.932. The van der Waals surface area contributed by atoms with Gasteiger partial charge in [0.2, 0.25) is 0 Å². The summed E-state index contributed by atoms with van der Waals surface area (Å²) in [6.45, 7) is 27.9. The zero-order valence-electron chi connectivity index (χ0n) is 14.7. The maximum atomic E-state index is 4.11. The Hall–Kier alpha value is -1.64. The summed E-state index contributed by atoms with van der Waals surface area (Å²) in [5.41, 5.74) is 4.05. The number of hydrogen-bond acceptors (Lipinski definition) is 2. The van der Waals surface area contributed by atoms with Crippen LogP contribution in [-0.2, 0) is 0 Å². The van der Waals surface area contributed by atoms with E-state index in [2.05, 4.69) is 49.5 Å². The molecular weight excluding hydrogens is 280 g/mol. The molecule has 0 atom stereocenters. The van der Waals surface area contributed by atoms with Crippen LogP contribution in [0.15, 0.2) is 73.9 Å². The molecule has 1 aliphatic heterocycles. The molecule has 0 saturated carbocycles. The molecule has 0 aromatic carbocycles. The number of nitrogens with zero attached hydrogens (tertiary/aromatic N) is 2. The van der Waals surface area contributed by atoms with Gasteiger partial charge in [0.05, 0.1) is 0 Å². The molecule has 1 saturated heterocycles. The van der Waals surface area contributed by atoms with Gasteiger partial charge in [-0.1, -0.05) is 58.0 Å². The molecule has 23 heavy (non-hydrogen) atoms. The summed E-state index contributed by atoms with van der Waals surface area (Å²) >= 11 is 0. The van der Waals surface area contributed by atoms with Crippen LogP contribution in [-0.4, -0.2) is 36.2 Å². The predicted octanol–water partition coefficient (Wildman–Crippen LogP) is 5.07. The lowest BCUT2D eigenvalue weighted by molar-refractivity contribution is -0.0141. The molecule has 0 spiro atoms. The maximum absolute atomic E-state index is 4.11. The van der Waals surface area contributed by atoms with E-state index in [9.17, 15) is 0 Å². The van der Waals surface area contributed by atoms with Gasteiger partial charge in [0.15, 0.2) is 0 Å². The van der Waals surface area contributed by atoms with Crippen LogP contribution in [0.3, 0.4) is 0 Å². The Bertz CT molecular complexity index is 440. The fourth-order valence-electron chi connectivity index (χ4n) is 2.69. The minimum Gasteiger partial charge on any atom is -0.241 e. The van der Waals surface area contributed by atoms with Gasteiger partial charge in [-0.15, -0.1) is 0 Å². The molecule has 2 nitrogen and oxygen atoms in total. The van der Waals surface area contributed by atoms with E-state index in [4.69, 9.17) is 0 Å². The highest BCUT2D eigenvalue weighted by atomic mass is 15.6. The van der Waals surface area contributed by atoms with Crippen LogP contribution in [0.25, 0.3) is 0 Å². The fraction of sp³-hybridized carbons (Fsp3) is 0.429. The van der Waals surface area contributed by atoms with Gasteiger partial charge in [0.1, 0.15) is 0 Å². The molecule has 0 radical (unpaired) electrons. The van der Waals surface area contributed by atoms with E-state index in [1.165, 1.54) is 19.3 Å². The van der Waals surface area contributed by atoms with Gasteiger partial charge in [-0.3, -0.25) is 0 Å². The first-order valence-corrected chi connectivity index (χ1v) is 8.48. The third kappa shape index (κ3) is 6.55. The third-order valence-electron chi connectivity index (χ3n) is 4.48. The second-order valence-corrected chi connectivity index (χ2v) is 6.13. The highest BCUT2D eigenvalue weighted by Crippen LogP contribution is 2.18. The van der Waals surface area contributed by atoms with Gasteiger partial charge >= 0.3 is 0 Å². The second kappa shape index (κ2) is 10.2. The van der Waals surface area contributed by atoms with Gasteiger partial charge in [-0.25, -0.2) is 10.0 Å². The van der Waals surface area contributed by atoms with E-state index in [1.54, 1.807) is 12.2 Å². The number of hydrazine groups is 1. The van der Waals surface area contributed by atoms with E-state index in [1.807, 2.05) is 0 Å². The van der Waals surface area contributed by atoms with Crippen molar-refractivity contribution in [3.8, 4) is 0 Å². The van der Waals surface area contributed by atoms with E-state index in [0.717, 1.165) is 61.3 Å². The molecule has 1 aliphatic rings. The maximum Gasteiger partial charge on any atom is 0.0173 e. The molecule has 1 fully saturated rings. The first kappa shape index (κ1) is 19.4. The predicted molar refractivity (Wildman–Crippen MR) is 103 cm³/mol. The topological polar surface area (TPSA) is 6.48 Å². The van der Waals surface area contributed by atoms with Crippen LogP contribution < -0.4 is 0 Å². The molecule has 1 rings (SSSR count). The monoisotopic (exact) mass is 312 g/mol. The van der Waals surface area contributed by atoms with E-state index in [0.29, 0.717) is 0 Å². The summed E-state index contributed by atoms with van der Waals surface area (Å²) in [6, 6.07) is 0. The first-order valence-electron chi connectivity index (χ1n) is 8.48. The lowest BCUT2D eigenvalue weighted by Gasteiger charge is -2.34. The first-order chi connectivity index (χ1) is 11.0. The van der Waals surface area contributed by atoms with Crippen molar-refractivity contribution in [2.75, 3.05) is 26.2 Å². The van der Waals surface area contributed by atoms with E-state index >= 15 is 0 Å². The largest absolute Gasteiger partial charge is 0.241 e. The molecule has 0 unspecified atom stereocenters. The molecule has 126 valence electrons. The average Bonchev–Trinajstić information content (AvgIpc) is 2.80. The quantitative estimate of drug-likeness (QED) is 0.520. The van der Waals surface area contributed by atoms with Crippen molar-refractivity contribution in [2.45, 2.75) is 32.1 Å². The number of allylic oxidation sites excluding steroid dienone is 4. The van der Waals surface area contributed by atoms with Gasteiger partial charge in [-0.2, -0.15) is 0 Å². The Kier molecular flexibility index (Phi) is 8.60. The standard InChI is InChI=1S/C21H32N2/c1-7-18(3)20(5)12-16-22-14-10-9-11-15-23(22)17-13-21(6)19(4)8-2/h7-8H,1-6,9-17H2. The lowest BCUT2D eigenvalue weighted by Crippen LogP contribution is -2.43. The van der Waals surface area contributed by atoms with Crippen molar-refractivity contribution in [3.05, 3.63) is 73.9 Å². The SMILES string of the molecule is C=CC(=C)C(=C)CCN1CCCCCN1CCC(=C)C(=C)C=C. The summed E-state index contributed by atoms with van der Waals surface area (Å²) in [5, 5.41) is 4.94. The smallest absolute Gasteiger partial charge is 0.0173 e. The molecule has 2 heteroatoms. The van der Waals surface area contributed by atoms with Crippen LogP contribution >= 0.6 is 0 Å². The van der Waals surface area contributed by atoms with Crippen molar-refractivity contribution < 1.29 is 0 Å². The Morgan fingerprint density at radius 3 is 1.43 bits per heavy atom. The van der Waals surface area contributed by atoms with Gasteiger partial charge < -0.3 is 0 Å². The van der Waals surface area contributed by atoms with Crippen molar-refractivity contribution in [3.63, 3.8) is 0 Å². The summed E-state index contributed by atoms with van der Waals surface area (Å²) in [7, 11) is 0. The van der Waals surface area contributed by atoms with Crippen molar-refractivity contribution in [1.29, 1.82) is 0 Å². The molecule has 0 amide bonds. The normalized spacial score (nSPS) is 16.3. The summed E-state index contributed by atoms with van der Waals surface area (Å²) in [4.78, 5) is 0. The molecule has 0 aliphatic carbocycles. The number of hydrogen-bond donors (Lipinski definition) is 0. The Labute approximate surface area is 142 Å².